The fourth-order valence-electron chi connectivity index (χ4n) is 5.19. The number of carbonyl (C=O) groups is 3. The quantitative estimate of drug-likeness (QED) is 0.443. The molecule has 1 unspecified atom stereocenters. The van der Waals surface area contributed by atoms with Crippen molar-refractivity contribution >= 4 is 23.4 Å². The van der Waals surface area contributed by atoms with Crippen LogP contribution in [0.2, 0.25) is 0 Å². The highest BCUT2D eigenvalue weighted by Gasteiger charge is 2.40. The molecule has 208 valence electrons. The summed E-state index contributed by atoms with van der Waals surface area (Å²) in [6, 6.07) is 8.80. The Balaban J connectivity index is 1.12. The lowest BCUT2D eigenvalue weighted by Gasteiger charge is -2.37. The molecule has 1 aromatic heterocycles. The lowest BCUT2D eigenvalue weighted by Crippen LogP contribution is -2.52. The first kappa shape index (κ1) is 26.0. The van der Waals surface area contributed by atoms with E-state index in [1.807, 2.05) is 0 Å². The smallest absolute Gasteiger partial charge is 0.261 e. The van der Waals surface area contributed by atoms with Gasteiger partial charge in [-0.25, -0.2) is 13.5 Å². The molecule has 0 bridgehead atoms. The number of halogens is 2. The highest BCUT2D eigenvalue weighted by Crippen LogP contribution is 2.29. The zero-order chi connectivity index (χ0) is 28.2. The van der Waals surface area contributed by atoms with E-state index < -0.39 is 35.3 Å². The summed E-state index contributed by atoms with van der Waals surface area (Å²) in [4.78, 5) is 42.3. The van der Waals surface area contributed by atoms with E-state index in [0.717, 1.165) is 17.0 Å². The van der Waals surface area contributed by atoms with Crippen LogP contribution in [-0.2, 0) is 20.8 Å². The van der Waals surface area contributed by atoms with Gasteiger partial charge in [-0.05, 0) is 26.0 Å². The van der Waals surface area contributed by atoms with Gasteiger partial charge >= 0.3 is 0 Å². The Bertz CT molecular complexity index is 1460. The van der Waals surface area contributed by atoms with Crippen LogP contribution in [0.25, 0.3) is 5.69 Å². The number of amides is 3. The molecule has 2 aromatic carbocycles. The summed E-state index contributed by atoms with van der Waals surface area (Å²) < 4.78 is 42.7. The van der Waals surface area contributed by atoms with Gasteiger partial charge in [-0.2, -0.15) is 0 Å². The molecule has 0 radical (unpaired) electrons. The van der Waals surface area contributed by atoms with Gasteiger partial charge in [-0.3, -0.25) is 19.3 Å². The van der Waals surface area contributed by atoms with E-state index in [0.29, 0.717) is 11.1 Å². The third-order valence-electron chi connectivity index (χ3n) is 7.20. The van der Waals surface area contributed by atoms with E-state index in [-0.39, 0.29) is 62.3 Å². The van der Waals surface area contributed by atoms with Gasteiger partial charge in [0.05, 0.1) is 36.2 Å². The molecule has 4 heterocycles. The van der Waals surface area contributed by atoms with E-state index in [1.165, 1.54) is 10.9 Å². The van der Waals surface area contributed by atoms with Gasteiger partial charge in [0.25, 0.3) is 17.7 Å². The largest absolute Gasteiger partial charge is 0.363 e. The van der Waals surface area contributed by atoms with Gasteiger partial charge in [0.1, 0.15) is 11.4 Å². The van der Waals surface area contributed by atoms with E-state index >= 15 is 8.78 Å². The summed E-state index contributed by atoms with van der Waals surface area (Å²) in [7, 11) is 0. The standard InChI is InChI=1S/C27H26F2N6O5/c1-27(2)39-15-22(40-27)26(38)33-9-7-32(8-10-33)23-20(28)11-17(12-21(23)29)35-14-16(30-31-35)13-34-24(36)18-5-3-4-6-19(18)25(34)37/h3-6,11-12,14,22H,7-10,13,15H2,1-2H3. The van der Waals surface area contributed by atoms with Gasteiger partial charge in [0.2, 0.25) is 0 Å². The molecule has 0 spiro atoms. The number of carbonyl (C=O) groups excluding carboxylic acids is 3. The Morgan fingerprint density at radius 3 is 2.23 bits per heavy atom. The molecule has 2 saturated heterocycles. The number of aromatic nitrogens is 3. The number of ether oxygens (including phenoxy) is 2. The zero-order valence-corrected chi connectivity index (χ0v) is 21.8. The molecule has 0 N–H and O–H groups in total. The van der Waals surface area contributed by atoms with Crippen molar-refractivity contribution in [1.82, 2.24) is 24.8 Å². The van der Waals surface area contributed by atoms with Crippen LogP contribution in [0.3, 0.4) is 0 Å². The average molecular weight is 553 g/mol. The number of rotatable bonds is 5. The number of piperazine rings is 1. The van der Waals surface area contributed by atoms with Gasteiger partial charge < -0.3 is 19.3 Å². The van der Waals surface area contributed by atoms with Gasteiger partial charge in [-0.1, -0.05) is 17.3 Å². The van der Waals surface area contributed by atoms with E-state index in [4.69, 9.17) is 9.47 Å². The number of fused-ring (bicyclic) bond motifs is 1. The molecule has 0 saturated carbocycles. The molecule has 3 amide bonds. The third-order valence-corrected chi connectivity index (χ3v) is 7.20. The molecule has 40 heavy (non-hydrogen) atoms. The molecule has 3 aliphatic rings. The second kappa shape index (κ2) is 9.75. The minimum absolute atomic E-state index is 0.0923. The summed E-state index contributed by atoms with van der Waals surface area (Å²) in [5.41, 5.74) is 0.808. The Morgan fingerprint density at radius 1 is 1.02 bits per heavy atom. The molecule has 1 atom stereocenters. The molecule has 6 rings (SSSR count). The van der Waals surface area contributed by atoms with Crippen molar-refractivity contribution in [2.75, 3.05) is 37.7 Å². The van der Waals surface area contributed by atoms with Crippen molar-refractivity contribution in [2.45, 2.75) is 32.3 Å². The Kier molecular flexibility index (Phi) is 6.34. The second-order valence-electron chi connectivity index (χ2n) is 10.3. The van der Waals surface area contributed by atoms with Gasteiger partial charge in [0.15, 0.2) is 23.5 Å². The SMILES string of the molecule is CC1(C)OCC(C(=O)N2CCN(c3c(F)cc(-n4cc(CN5C(=O)c6ccccc6C5=O)nn4)cc3F)CC2)O1. The van der Waals surface area contributed by atoms with Crippen molar-refractivity contribution in [3.05, 3.63) is 71.1 Å². The summed E-state index contributed by atoms with van der Waals surface area (Å²) in [6.07, 6.45) is 0.719. The van der Waals surface area contributed by atoms with Crippen LogP contribution < -0.4 is 4.90 Å². The van der Waals surface area contributed by atoms with Gasteiger partial charge in [-0.15, -0.1) is 5.10 Å². The molecule has 3 aliphatic heterocycles. The van der Waals surface area contributed by atoms with Crippen LogP contribution in [0.15, 0.2) is 42.6 Å². The van der Waals surface area contributed by atoms with Crippen molar-refractivity contribution in [2.24, 2.45) is 0 Å². The zero-order valence-electron chi connectivity index (χ0n) is 21.8. The van der Waals surface area contributed by atoms with Crippen molar-refractivity contribution in [1.29, 1.82) is 0 Å². The fraction of sp³-hybridized carbons (Fsp3) is 0.370. The maximum atomic E-state index is 15.2. The van der Waals surface area contributed by atoms with Crippen LogP contribution >= 0.6 is 0 Å². The summed E-state index contributed by atoms with van der Waals surface area (Å²) >= 11 is 0. The molecule has 3 aromatic rings. The van der Waals surface area contributed by atoms with E-state index in [2.05, 4.69) is 10.3 Å². The number of nitrogens with zero attached hydrogens (tertiary/aromatic N) is 6. The minimum Gasteiger partial charge on any atom is -0.363 e. The van der Waals surface area contributed by atoms with Crippen LogP contribution in [-0.4, -0.2) is 87.2 Å². The Morgan fingerprint density at radius 2 is 1.65 bits per heavy atom. The van der Waals surface area contributed by atoms with Crippen molar-refractivity contribution in [3.63, 3.8) is 0 Å². The minimum atomic E-state index is -0.824. The topological polar surface area (TPSA) is 110 Å². The first-order chi connectivity index (χ1) is 19.1. The first-order valence-corrected chi connectivity index (χ1v) is 12.8. The second-order valence-corrected chi connectivity index (χ2v) is 10.3. The summed E-state index contributed by atoms with van der Waals surface area (Å²) in [5, 5.41) is 7.91. The Hall–Kier alpha value is -4.23. The van der Waals surface area contributed by atoms with Gasteiger partial charge in [0, 0.05) is 38.3 Å². The highest BCUT2D eigenvalue weighted by atomic mass is 19.1. The lowest BCUT2D eigenvalue weighted by molar-refractivity contribution is -0.160. The molecule has 13 heteroatoms. The molecular formula is C27H26F2N6O5. The monoisotopic (exact) mass is 552 g/mol. The van der Waals surface area contributed by atoms with E-state index in [1.54, 1.807) is 47.9 Å². The normalized spacial score (nSPS) is 20.4. The van der Waals surface area contributed by atoms with E-state index in [9.17, 15) is 14.4 Å². The van der Waals surface area contributed by atoms with Crippen molar-refractivity contribution < 1.29 is 32.6 Å². The predicted molar refractivity (Wildman–Crippen MR) is 136 cm³/mol. The molecular weight excluding hydrogens is 526 g/mol. The summed E-state index contributed by atoms with van der Waals surface area (Å²) in [5.74, 6) is -3.49. The molecule has 2 fully saturated rings. The maximum Gasteiger partial charge on any atom is 0.261 e. The lowest BCUT2D eigenvalue weighted by atomic mass is 10.1. The average Bonchev–Trinajstić information content (AvgIpc) is 3.62. The molecule has 11 nitrogen and oxygen atoms in total. The van der Waals surface area contributed by atoms with Crippen LogP contribution in [0.5, 0.6) is 0 Å². The number of hydrogen-bond acceptors (Lipinski definition) is 8. The Labute approximate surface area is 227 Å². The van der Waals surface area contributed by atoms with Crippen molar-refractivity contribution in [3.8, 4) is 5.69 Å². The maximum absolute atomic E-state index is 15.2. The third kappa shape index (κ3) is 4.60. The number of hydrogen-bond donors (Lipinski definition) is 0. The predicted octanol–water partition coefficient (Wildman–Crippen LogP) is 2.14. The highest BCUT2D eigenvalue weighted by molar-refractivity contribution is 6.21. The number of benzene rings is 2. The fourth-order valence-corrected chi connectivity index (χ4v) is 5.19. The number of anilines is 1. The molecule has 0 aliphatic carbocycles. The first-order valence-electron chi connectivity index (χ1n) is 12.8. The number of imide groups is 1. The van der Waals surface area contributed by atoms with Crippen LogP contribution in [0.1, 0.15) is 40.3 Å². The summed E-state index contributed by atoms with van der Waals surface area (Å²) in [6.45, 7) is 4.55. The van der Waals surface area contributed by atoms with Crippen LogP contribution in [0.4, 0.5) is 14.5 Å². The van der Waals surface area contributed by atoms with Crippen LogP contribution in [0, 0.1) is 11.6 Å².